The van der Waals surface area contributed by atoms with Gasteiger partial charge in [-0.1, -0.05) is 92.7 Å². The van der Waals surface area contributed by atoms with Gasteiger partial charge < -0.3 is 29.8 Å². The molecule has 12 nitrogen and oxygen atoms in total. The molecular formula is C47H55N7O5Si. The smallest absolute Gasteiger partial charge is 0.412 e. The minimum absolute atomic E-state index is 0.0240. The molecule has 3 aliphatic rings. The lowest BCUT2D eigenvalue weighted by molar-refractivity contribution is 0.0838. The van der Waals surface area contributed by atoms with E-state index < -0.39 is 14.4 Å². The largest absolute Gasteiger partial charge is 0.506 e. The van der Waals surface area contributed by atoms with Gasteiger partial charge in [0.05, 0.1) is 35.4 Å². The SMILES string of the molecule is CC(C)(C)[Si](C)(C)O[C@H](CNCc1ccc2c(c1)nnn2C/C=C/c1ccc(-c2ccccc2)c(N(C(=O)O)[C@H]2CN3CCC2CC3)c1)c1ccc(O)c2[nH]c(=O)ccc12. The normalized spacial score (nSPS) is 18.7. The second-order valence-electron chi connectivity index (χ2n) is 17.8. The predicted octanol–water partition coefficient (Wildman–Crippen LogP) is 8.79. The Morgan fingerprint density at radius 2 is 1.82 bits per heavy atom. The van der Waals surface area contributed by atoms with E-state index in [2.05, 4.69) is 65.4 Å². The van der Waals surface area contributed by atoms with Gasteiger partial charge in [0.1, 0.15) is 11.3 Å². The number of amides is 1. The van der Waals surface area contributed by atoms with Crippen molar-refractivity contribution in [3.8, 4) is 16.9 Å². The fourth-order valence-electron chi connectivity index (χ4n) is 8.55. The number of aromatic nitrogens is 4. The number of benzene rings is 4. The minimum Gasteiger partial charge on any atom is -0.506 e. The van der Waals surface area contributed by atoms with Crippen LogP contribution in [-0.4, -0.2) is 81.7 Å². The number of pyridine rings is 1. The molecule has 1 amide bonds. The van der Waals surface area contributed by atoms with E-state index in [1.54, 1.807) is 17.0 Å². The van der Waals surface area contributed by atoms with Crippen molar-refractivity contribution in [2.24, 2.45) is 5.92 Å². The number of carboxylic acid groups (broad SMARTS) is 1. The van der Waals surface area contributed by atoms with Gasteiger partial charge in [-0.25, -0.2) is 9.48 Å². The molecule has 4 N–H and O–H groups in total. The number of aromatic amines is 1. The Balaban J connectivity index is 0.984. The van der Waals surface area contributed by atoms with Crippen molar-refractivity contribution in [3.63, 3.8) is 0 Å². The lowest BCUT2D eigenvalue weighted by Crippen LogP contribution is -2.59. The number of nitrogens with zero attached hydrogens (tertiary/aromatic N) is 5. The Hall–Kier alpha value is -5.60. The molecule has 3 fully saturated rings. The number of fused-ring (bicyclic) bond motifs is 5. The maximum atomic E-state index is 13.0. The van der Waals surface area contributed by atoms with E-state index in [-0.39, 0.29) is 28.5 Å². The zero-order chi connectivity index (χ0) is 42.2. The summed E-state index contributed by atoms with van der Waals surface area (Å²) in [4.78, 5) is 32.0. The first-order chi connectivity index (χ1) is 28.8. The number of anilines is 1. The van der Waals surface area contributed by atoms with Crippen LogP contribution in [0.2, 0.25) is 18.1 Å². The Labute approximate surface area is 351 Å². The molecule has 3 aliphatic heterocycles. The summed E-state index contributed by atoms with van der Waals surface area (Å²) in [5.74, 6) is 0.375. The summed E-state index contributed by atoms with van der Waals surface area (Å²) >= 11 is 0. The molecule has 4 aromatic carbocycles. The molecular weight excluding hydrogens is 771 g/mol. The van der Waals surface area contributed by atoms with E-state index in [0.29, 0.717) is 36.8 Å². The Kier molecular flexibility index (Phi) is 11.5. The van der Waals surface area contributed by atoms with E-state index in [1.807, 2.05) is 83.6 Å². The average Bonchev–Trinajstić information content (AvgIpc) is 3.63. The standard InChI is InChI=1S/C47H55N7O5Si/c1-47(2,3)60(4,5)59-43(36-16-19-42(55)45-37(36)17-20-44(56)49-45)29-48-28-32-14-18-39-38(26-32)50-51-53(39)23-9-10-31-13-15-35(33-11-7-6-8-12-33)40(27-31)54(46(57)58)41-30-52-24-21-34(41)22-25-52/h6-20,26-27,34,41,43,48,55H,21-25,28-30H2,1-5H3,(H,49,56)(H,57,58)/b10-9+/t41-,43+/m0/s1. The highest BCUT2D eigenvalue weighted by atomic mass is 28.4. The molecule has 3 saturated heterocycles. The monoisotopic (exact) mass is 825 g/mol. The molecule has 0 radical (unpaired) electrons. The van der Waals surface area contributed by atoms with Gasteiger partial charge in [0.25, 0.3) is 0 Å². The molecule has 312 valence electrons. The molecule has 0 unspecified atom stereocenters. The summed E-state index contributed by atoms with van der Waals surface area (Å²) in [6.07, 6.45) is 4.87. The molecule has 60 heavy (non-hydrogen) atoms. The van der Waals surface area contributed by atoms with Crippen LogP contribution in [0.25, 0.3) is 39.1 Å². The molecule has 6 aromatic rings. The number of carbonyl (C=O) groups is 1. The number of allylic oxidation sites excluding steroid dienone is 1. The third-order valence-corrected chi connectivity index (χ3v) is 17.3. The number of H-pyrrole nitrogens is 1. The molecule has 13 heteroatoms. The number of rotatable bonds is 13. The molecule has 0 spiro atoms. The topological polar surface area (TPSA) is 149 Å². The van der Waals surface area contributed by atoms with Gasteiger partial charge in [-0.2, -0.15) is 0 Å². The molecule has 2 atom stereocenters. The van der Waals surface area contributed by atoms with Crippen molar-refractivity contribution < 1.29 is 19.4 Å². The van der Waals surface area contributed by atoms with Gasteiger partial charge in [0, 0.05) is 36.7 Å². The van der Waals surface area contributed by atoms with Crippen molar-refractivity contribution in [3.05, 3.63) is 124 Å². The van der Waals surface area contributed by atoms with Gasteiger partial charge in [-0.15, -0.1) is 5.10 Å². The second kappa shape index (κ2) is 16.8. The van der Waals surface area contributed by atoms with E-state index >= 15 is 0 Å². The lowest BCUT2D eigenvalue weighted by Gasteiger charge is -2.48. The highest BCUT2D eigenvalue weighted by Gasteiger charge is 2.41. The first-order valence-corrected chi connectivity index (χ1v) is 23.8. The summed E-state index contributed by atoms with van der Waals surface area (Å²) in [7, 11) is -2.23. The Morgan fingerprint density at radius 1 is 1.03 bits per heavy atom. The van der Waals surface area contributed by atoms with Crippen molar-refractivity contribution >= 4 is 48.1 Å². The van der Waals surface area contributed by atoms with Gasteiger partial charge in [0.2, 0.25) is 5.56 Å². The first-order valence-electron chi connectivity index (χ1n) is 20.9. The van der Waals surface area contributed by atoms with Crippen molar-refractivity contribution in [2.75, 3.05) is 31.1 Å². The van der Waals surface area contributed by atoms with E-state index in [9.17, 15) is 19.8 Å². The Bertz CT molecular complexity index is 2590. The number of hydrogen-bond donors (Lipinski definition) is 4. The maximum Gasteiger partial charge on any atom is 0.412 e. The average molecular weight is 826 g/mol. The molecule has 9 rings (SSSR count). The lowest BCUT2D eigenvalue weighted by atomic mass is 9.82. The third kappa shape index (κ3) is 8.53. The third-order valence-electron chi connectivity index (χ3n) is 12.8. The van der Waals surface area contributed by atoms with Gasteiger partial charge in [-0.3, -0.25) is 9.69 Å². The number of aromatic hydroxyl groups is 1. The van der Waals surface area contributed by atoms with Crippen LogP contribution in [0.1, 0.15) is 56.4 Å². The highest BCUT2D eigenvalue weighted by molar-refractivity contribution is 6.74. The van der Waals surface area contributed by atoms with E-state index in [0.717, 1.165) is 76.7 Å². The number of phenols is 1. The summed E-state index contributed by atoms with van der Waals surface area (Å²) in [5, 5.41) is 34.5. The van der Waals surface area contributed by atoms with Crippen LogP contribution in [0.3, 0.4) is 0 Å². The van der Waals surface area contributed by atoms with E-state index in [1.165, 1.54) is 6.07 Å². The summed E-state index contributed by atoms with van der Waals surface area (Å²) in [6.45, 7) is 15.5. The van der Waals surface area contributed by atoms with Crippen LogP contribution in [-0.2, 0) is 17.5 Å². The minimum atomic E-state index is -2.23. The van der Waals surface area contributed by atoms with Crippen molar-refractivity contribution in [2.45, 2.75) is 77.0 Å². The van der Waals surface area contributed by atoms with Crippen LogP contribution < -0.4 is 15.8 Å². The summed E-state index contributed by atoms with van der Waals surface area (Å²) in [6, 6.07) is 28.9. The summed E-state index contributed by atoms with van der Waals surface area (Å²) < 4.78 is 8.84. The molecule has 2 bridgehead atoms. The number of nitrogens with one attached hydrogen (secondary N) is 2. The van der Waals surface area contributed by atoms with Crippen LogP contribution in [0.15, 0.2) is 102 Å². The number of phenolic OH excluding ortho intramolecular Hbond substituents is 1. The van der Waals surface area contributed by atoms with Crippen molar-refractivity contribution in [1.82, 2.24) is 30.2 Å². The molecule has 5 heterocycles. The highest BCUT2D eigenvalue weighted by Crippen LogP contribution is 2.42. The molecule has 0 aliphatic carbocycles. The van der Waals surface area contributed by atoms with Gasteiger partial charge in [-0.05, 0) is 103 Å². The first kappa shape index (κ1) is 41.1. The van der Waals surface area contributed by atoms with Crippen LogP contribution in [0.4, 0.5) is 10.5 Å². The van der Waals surface area contributed by atoms with Gasteiger partial charge >= 0.3 is 6.09 Å². The molecule has 2 aromatic heterocycles. The zero-order valence-corrected chi connectivity index (χ0v) is 36.1. The number of hydrogen-bond acceptors (Lipinski definition) is 8. The van der Waals surface area contributed by atoms with E-state index in [4.69, 9.17) is 4.43 Å². The summed E-state index contributed by atoms with van der Waals surface area (Å²) in [5.41, 5.74) is 7.31. The number of piperidine rings is 3. The Morgan fingerprint density at radius 3 is 2.53 bits per heavy atom. The second-order valence-corrected chi connectivity index (χ2v) is 22.5. The zero-order valence-electron chi connectivity index (χ0n) is 35.1. The van der Waals surface area contributed by atoms with Crippen LogP contribution in [0.5, 0.6) is 5.75 Å². The molecule has 0 saturated carbocycles. The fourth-order valence-corrected chi connectivity index (χ4v) is 9.82. The fraction of sp³-hybridized carbons (Fsp3) is 0.362. The quantitative estimate of drug-likeness (QED) is 0.0839. The van der Waals surface area contributed by atoms with Crippen molar-refractivity contribution in [1.29, 1.82) is 0 Å². The van der Waals surface area contributed by atoms with Gasteiger partial charge in [0.15, 0.2) is 8.32 Å². The maximum absolute atomic E-state index is 13.0. The predicted molar refractivity (Wildman–Crippen MR) is 241 cm³/mol. The van der Waals surface area contributed by atoms with Crippen LogP contribution in [0, 0.1) is 5.92 Å². The van der Waals surface area contributed by atoms with Crippen LogP contribution >= 0.6 is 0 Å².